The molecule has 1 aromatic carbocycles. The van der Waals surface area contributed by atoms with E-state index in [1.807, 2.05) is 18.2 Å². The fourth-order valence-electron chi connectivity index (χ4n) is 3.28. The van der Waals surface area contributed by atoms with E-state index in [4.69, 9.17) is 14.5 Å². The second-order valence-corrected chi connectivity index (χ2v) is 7.84. The highest BCUT2D eigenvalue weighted by molar-refractivity contribution is 7.10. The maximum atomic E-state index is 5.76. The van der Waals surface area contributed by atoms with Gasteiger partial charge in [-0.1, -0.05) is 36.4 Å². The molecule has 1 atom stereocenters. The number of benzene rings is 1. The van der Waals surface area contributed by atoms with Crippen LogP contribution in [0.3, 0.4) is 0 Å². The van der Waals surface area contributed by atoms with Crippen molar-refractivity contribution < 1.29 is 9.47 Å². The van der Waals surface area contributed by atoms with E-state index in [1.54, 1.807) is 11.3 Å². The Hall–Kier alpha value is -1.93. The summed E-state index contributed by atoms with van der Waals surface area (Å²) < 4.78 is 11.3. The second kappa shape index (κ2) is 12.6. The Morgan fingerprint density at radius 1 is 1.17 bits per heavy atom. The van der Waals surface area contributed by atoms with Gasteiger partial charge >= 0.3 is 0 Å². The highest BCUT2D eigenvalue weighted by Crippen LogP contribution is 2.26. The number of morpholine rings is 1. The number of nitrogens with one attached hydrogen (secondary N) is 2. The fraction of sp³-hybridized carbons (Fsp3) is 0.500. The van der Waals surface area contributed by atoms with E-state index in [9.17, 15) is 0 Å². The molecule has 1 aromatic heterocycles. The summed E-state index contributed by atoms with van der Waals surface area (Å²) in [5.41, 5.74) is 1.19. The lowest BCUT2D eigenvalue weighted by atomic mass is 10.2. The minimum atomic E-state index is 0.295. The van der Waals surface area contributed by atoms with Crippen molar-refractivity contribution in [2.45, 2.75) is 19.6 Å². The lowest BCUT2D eigenvalue weighted by molar-refractivity contribution is 0.0186. The predicted molar refractivity (Wildman–Crippen MR) is 120 cm³/mol. The fourth-order valence-corrected chi connectivity index (χ4v) is 4.13. The Bertz CT molecular complexity index is 703. The lowest BCUT2D eigenvalue weighted by Gasteiger charge is -2.33. The molecule has 29 heavy (non-hydrogen) atoms. The van der Waals surface area contributed by atoms with Crippen LogP contribution in [-0.2, 0) is 16.1 Å². The molecule has 2 aromatic rings. The quantitative estimate of drug-likeness (QED) is 0.354. The van der Waals surface area contributed by atoms with Crippen molar-refractivity contribution >= 4 is 17.3 Å². The monoisotopic (exact) mass is 416 g/mol. The molecule has 3 rings (SSSR count). The van der Waals surface area contributed by atoms with Crippen LogP contribution in [0.25, 0.3) is 0 Å². The molecule has 0 saturated carbocycles. The van der Waals surface area contributed by atoms with Gasteiger partial charge in [-0.05, 0) is 23.9 Å². The Kier molecular flexibility index (Phi) is 9.45. The number of thiophene rings is 1. The van der Waals surface area contributed by atoms with Crippen molar-refractivity contribution in [3.8, 4) is 0 Å². The number of hydrogen-bond donors (Lipinski definition) is 2. The summed E-state index contributed by atoms with van der Waals surface area (Å²) >= 11 is 1.80. The number of guanidine groups is 1. The van der Waals surface area contributed by atoms with E-state index in [-0.39, 0.29) is 0 Å². The number of ether oxygens (including phenoxy) is 2. The summed E-state index contributed by atoms with van der Waals surface area (Å²) in [5, 5.41) is 8.86. The van der Waals surface area contributed by atoms with Crippen molar-refractivity contribution in [2.75, 3.05) is 52.5 Å². The Morgan fingerprint density at radius 2 is 2.00 bits per heavy atom. The van der Waals surface area contributed by atoms with Gasteiger partial charge in [0.2, 0.25) is 0 Å². The average molecular weight is 417 g/mol. The molecule has 2 heterocycles. The molecule has 1 saturated heterocycles. The summed E-state index contributed by atoms with van der Waals surface area (Å²) in [6.07, 6.45) is 0. The molecule has 0 spiro atoms. The van der Waals surface area contributed by atoms with Crippen LogP contribution in [0.4, 0.5) is 0 Å². The predicted octanol–water partition coefficient (Wildman–Crippen LogP) is 2.89. The van der Waals surface area contributed by atoms with Crippen molar-refractivity contribution in [2.24, 2.45) is 4.99 Å². The topological polar surface area (TPSA) is 58.1 Å². The van der Waals surface area contributed by atoms with Crippen LogP contribution < -0.4 is 10.6 Å². The highest BCUT2D eigenvalue weighted by atomic mass is 32.1. The van der Waals surface area contributed by atoms with E-state index >= 15 is 0 Å². The first-order valence-electron chi connectivity index (χ1n) is 10.4. The molecule has 6 nitrogen and oxygen atoms in total. The lowest BCUT2D eigenvalue weighted by Crippen LogP contribution is -2.42. The molecule has 1 aliphatic rings. The van der Waals surface area contributed by atoms with Gasteiger partial charge in [-0.3, -0.25) is 9.89 Å². The molecule has 1 fully saturated rings. The summed E-state index contributed by atoms with van der Waals surface area (Å²) in [4.78, 5) is 8.70. The van der Waals surface area contributed by atoms with Crippen LogP contribution in [0.5, 0.6) is 0 Å². The summed E-state index contributed by atoms with van der Waals surface area (Å²) in [7, 11) is 0. The third-order valence-electron chi connectivity index (χ3n) is 4.78. The molecule has 7 heteroatoms. The van der Waals surface area contributed by atoms with Gasteiger partial charge in [0, 0.05) is 31.1 Å². The molecule has 0 amide bonds. The van der Waals surface area contributed by atoms with Gasteiger partial charge in [0.05, 0.1) is 39.0 Å². The van der Waals surface area contributed by atoms with Crippen molar-refractivity contribution in [1.29, 1.82) is 0 Å². The highest BCUT2D eigenvalue weighted by Gasteiger charge is 2.23. The van der Waals surface area contributed by atoms with Gasteiger partial charge < -0.3 is 20.1 Å². The normalized spacial score (nSPS) is 16.5. The standard InChI is InChI=1S/C22H32N4O2S/c1-2-23-22(24-10-13-28-18-19-7-4-3-5-8-19)25-17-20(21-9-6-16-29-21)26-11-14-27-15-12-26/h3-9,16,20H,2,10-15,17-18H2,1H3,(H2,23,24,25). The zero-order valence-corrected chi connectivity index (χ0v) is 18.0. The second-order valence-electron chi connectivity index (χ2n) is 6.86. The first-order valence-corrected chi connectivity index (χ1v) is 11.2. The van der Waals surface area contributed by atoms with E-state index < -0.39 is 0 Å². The Morgan fingerprint density at radius 3 is 2.72 bits per heavy atom. The zero-order valence-electron chi connectivity index (χ0n) is 17.2. The number of aliphatic imine (C=N–C) groups is 1. The van der Waals surface area contributed by atoms with E-state index in [0.29, 0.717) is 19.3 Å². The molecular weight excluding hydrogens is 384 g/mol. The van der Waals surface area contributed by atoms with Crippen molar-refractivity contribution in [3.05, 3.63) is 58.3 Å². The van der Waals surface area contributed by atoms with Crippen LogP contribution in [-0.4, -0.2) is 63.4 Å². The minimum Gasteiger partial charge on any atom is -0.379 e. The average Bonchev–Trinajstić information content (AvgIpc) is 3.29. The van der Waals surface area contributed by atoms with Gasteiger partial charge in [0.15, 0.2) is 5.96 Å². The molecule has 1 aliphatic heterocycles. The molecular formula is C22H32N4O2S. The Balaban J connectivity index is 1.49. The molecule has 0 bridgehead atoms. The molecule has 0 aliphatic carbocycles. The molecule has 2 N–H and O–H groups in total. The van der Waals surface area contributed by atoms with Crippen LogP contribution in [0.15, 0.2) is 52.8 Å². The SMILES string of the molecule is CCNC(=NCC(c1cccs1)N1CCOCC1)NCCOCc1ccccc1. The first-order chi connectivity index (χ1) is 14.4. The van der Waals surface area contributed by atoms with E-state index in [2.05, 4.69) is 52.1 Å². The van der Waals surface area contributed by atoms with E-state index in [1.165, 1.54) is 10.4 Å². The van der Waals surface area contributed by atoms with Crippen molar-refractivity contribution in [1.82, 2.24) is 15.5 Å². The van der Waals surface area contributed by atoms with Gasteiger partial charge in [-0.15, -0.1) is 11.3 Å². The Labute approximate surface area is 177 Å². The van der Waals surface area contributed by atoms with Crippen LogP contribution in [0.1, 0.15) is 23.4 Å². The third kappa shape index (κ3) is 7.44. The number of hydrogen-bond acceptors (Lipinski definition) is 5. The summed E-state index contributed by atoms with van der Waals surface area (Å²) in [6.45, 7) is 9.13. The zero-order chi connectivity index (χ0) is 20.2. The number of rotatable bonds is 10. The molecule has 158 valence electrons. The van der Waals surface area contributed by atoms with Gasteiger partial charge in [0.25, 0.3) is 0 Å². The minimum absolute atomic E-state index is 0.295. The van der Waals surface area contributed by atoms with Crippen LogP contribution in [0.2, 0.25) is 0 Å². The van der Waals surface area contributed by atoms with Crippen LogP contribution in [0, 0.1) is 0 Å². The number of nitrogens with zero attached hydrogens (tertiary/aromatic N) is 2. The largest absolute Gasteiger partial charge is 0.379 e. The van der Waals surface area contributed by atoms with Crippen LogP contribution >= 0.6 is 11.3 Å². The molecule has 1 unspecified atom stereocenters. The summed E-state index contributed by atoms with van der Waals surface area (Å²) in [5.74, 6) is 0.839. The maximum Gasteiger partial charge on any atom is 0.191 e. The van der Waals surface area contributed by atoms with E-state index in [0.717, 1.165) is 51.9 Å². The third-order valence-corrected chi connectivity index (χ3v) is 5.75. The smallest absolute Gasteiger partial charge is 0.191 e. The first kappa shape index (κ1) is 21.8. The van der Waals surface area contributed by atoms with Gasteiger partial charge in [-0.2, -0.15) is 0 Å². The van der Waals surface area contributed by atoms with Gasteiger partial charge in [0.1, 0.15) is 0 Å². The van der Waals surface area contributed by atoms with Gasteiger partial charge in [-0.25, -0.2) is 0 Å². The maximum absolute atomic E-state index is 5.76. The molecule has 0 radical (unpaired) electrons. The van der Waals surface area contributed by atoms with Crippen molar-refractivity contribution in [3.63, 3.8) is 0 Å². The summed E-state index contributed by atoms with van der Waals surface area (Å²) in [6, 6.07) is 14.9.